The molecule has 0 aliphatic heterocycles. The second-order valence-corrected chi connectivity index (χ2v) is 9.73. The summed E-state index contributed by atoms with van der Waals surface area (Å²) in [5, 5.41) is 21.9. The standard InChI is InChI=1S/C20H19N5O8S2.Cu.H2O/c21-16-8-15(35(31,32)33)10-18(19(16)27)23-25-20(12-4-2-1-3-5-12)24-22-17-9-14(34(28,29)30)7-6-13(17)11-26;;/h1-11H,(H8,21,22,23,24,25,26,27,28,29,30,31,32,33);;1H2/q;+1;/p-1. The third-order valence-electron chi connectivity index (χ3n) is 4.37. The van der Waals surface area contributed by atoms with Gasteiger partial charge < -0.3 is 40.5 Å². The summed E-state index contributed by atoms with van der Waals surface area (Å²) in [4.78, 5) is 10.4. The summed E-state index contributed by atoms with van der Waals surface area (Å²) in [5.41, 5.74) is 8.83. The van der Waals surface area contributed by atoms with Gasteiger partial charge in [-0.2, -0.15) is 8.42 Å². The Labute approximate surface area is 222 Å². The summed E-state index contributed by atoms with van der Waals surface area (Å²) in [6.07, 6.45) is 0.437. The van der Waals surface area contributed by atoms with Crippen molar-refractivity contribution in [1.82, 2.24) is 0 Å². The first kappa shape index (κ1) is 31.6. The van der Waals surface area contributed by atoms with Gasteiger partial charge in [-0.3, -0.25) is 9.35 Å². The Morgan fingerprint density at radius 2 is 1.59 bits per heavy atom. The monoisotopic (exact) mass is 601 g/mol. The molecular weight excluding hydrogens is 582 g/mol. The van der Waals surface area contributed by atoms with Crippen molar-refractivity contribution < 1.29 is 59.1 Å². The number of carbonyl (C=O) groups is 1. The van der Waals surface area contributed by atoms with Crippen molar-refractivity contribution >= 4 is 50.2 Å². The van der Waals surface area contributed by atoms with E-state index in [0.717, 1.165) is 24.3 Å². The zero-order valence-electron chi connectivity index (χ0n) is 18.3. The fraction of sp³-hybridized carbons (Fsp3) is 0. The minimum absolute atomic E-state index is 0. The first-order chi connectivity index (χ1) is 16.4. The Bertz CT molecular complexity index is 1430. The van der Waals surface area contributed by atoms with Crippen molar-refractivity contribution in [2.24, 2.45) is 15.3 Å². The number of aldehydes is 1. The minimum atomic E-state index is -4.66. The number of anilines is 1. The summed E-state index contributed by atoms with van der Waals surface area (Å²) in [5.74, 6) is -0.770. The van der Waals surface area contributed by atoms with E-state index in [-0.39, 0.29) is 50.2 Å². The number of phenols is 1. The van der Waals surface area contributed by atoms with Crippen LogP contribution in [0.4, 0.5) is 17.1 Å². The molecule has 0 radical (unpaired) electrons. The number of aromatic hydroxyl groups is 1. The van der Waals surface area contributed by atoms with Crippen LogP contribution in [0.1, 0.15) is 15.9 Å². The number of amidine groups is 1. The van der Waals surface area contributed by atoms with Crippen molar-refractivity contribution in [3.8, 4) is 5.75 Å². The van der Waals surface area contributed by atoms with Gasteiger partial charge >= 0.3 is 17.1 Å². The number of phenolic OH excluding ortho intramolecular Hbond substituents is 1. The molecule has 0 aliphatic rings. The van der Waals surface area contributed by atoms with Crippen LogP contribution in [0.2, 0.25) is 0 Å². The maximum absolute atomic E-state index is 11.5. The molecule has 202 valence electrons. The largest absolute Gasteiger partial charge is 1.00 e. The zero-order valence-corrected chi connectivity index (χ0v) is 20.9. The molecular formula is C20H20CuN5O9S2. The molecule has 0 fully saturated rings. The van der Waals surface area contributed by atoms with Gasteiger partial charge in [0.1, 0.15) is 16.6 Å². The van der Waals surface area contributed by atoms with Crippen LogP contribution in [0.25, 0.3) is 5.43 Å². The summed E-state index contributed by atoms with van der Waals surface area (Å²) in [6.45, 7) is 0. The van der Waals surface area contributed by atoms with Gasteiger partial charge in [0.2, 0.25) is 0 Å². The average molecular weight is 602 g/mol. The van der Waals surface area contributed by atoms with Gasteiger partial charge in [-0.1, -0.05) is 42.1 Å². The second kappa shape index (κ2) is 12.7. The predicted molar refractivity (Wildman–Crippen MR) is 132 cm³/mol. The predicted octanol–water partition coefficient (Wildman–Crippen LogP) is 3.94. The first-order valence-corrected chi connectivity index (χ1v) is 12.3. The van der Waals surface area contributed by atoms with Crippen molar-refractivity contribution in [1.29, 1.82) is 0 Å². The van der Waals surface area contributed by atoms with Crippen molar-refractivity contribution in [2.45, 2.75) is 9.79 Å². The van der Waals surface area contributed by atoms with Crippen LogP contribution >= 0.6 is 10.9 Å². The van der Waals surface area contributed by atoms with E-state index in [4.69, 9.17) is 5.73 Å². The molecule has 9 N–H and O–H groups in total. The quantitative estimate of drug-likeness (QED) is 0.0263. The molecule has 0 aromatic heterocycles. The molecule has 0 aliphatic carbocycles. The smallest absolute Gasteiger partial charge is 0.571 e. The zero-order chi connectivity index (χ0) is 25.8. The number of carbonyl (C=O) groups excluding carboxylic acids is 1. The molecule has 3 aromatic rings. The summed E-state index contributed by atoms with van der Waals surface area (Å²) >= 11 is 0. The maximum Gasteiger partial charge on any atom is 1.00 e. The molecule has 0 atom stereocenters. The molecule has 0 spiro atoms. The molecule has 0 saturated heterocycles. The molecule has 0 saturated carbocycles. The summed E-state index contributed by atoms with van der Waals surface area (Å²) in [6, 6.07) is 13.2. The van der Waals surface area contributed by atoms with Crippen LogP contribution in [0, 0.1) is 0 Å². The number of nitrogen functional groups attached to an aromatic ring is 1. The van der Waals surface area contributed by atoms with Gasteiger partial charge in [0.05, 0.1) is 21.2 Å². The van der Waals surface area contributed by atoms with Gasteiger partial charge in [0, 0.05) is 11.1 Å². The number of benzene rings is 3. The van der Waals surface area contributed by atoms with Gasteiger partial charge in [-0.05, 0) is 24.3 Å². The molecule has 0 amide bonds. The van der Waals surface area contributed by atoms with Gasteiger partial charge in [0.25, 0.3) is 10.1 Å². The van der Waals surface area contributed by atoms with E-state index in [1.807, 2.05) is 0 Å². The van der Waals surface area contributed by atoms with Crippen LogP contribution < -0.4 is 5.73 Å². The molecule has 0 unspecified atom stereocenters. The van der Waals surface area contributed by atoms with Crippen molar-refractivity contribution in [3.63, 3.8) is 0 Å². The van der Waals surface area contributed by atoms with Crippen LogP contribution in [-0.4, -0.2) is 49.3 Å². The van der Waals surface area contributed by atoms with Crippen molar-refractivity contribution in [3.05, 3.63) is 77.2 Å². The topological polar surface area (TPSA) is 261 Å². The molecule has 3 aromatic carbocycles. The maximum atomic E-state index is 11.5. The van der Waals surface area contributed by atoms with Crippen LogP contribution in [-0.2, 0) is 27.2 Å². The van der Waals surface area contributed by atoms with E-state index in [2.05, 4.69) is 20.8 Å². The van der Waals surface area contributed by atoms with E-state index in [1.54, 1.807) is 30.3 Å². The third kappa shape index (κ3) is 8.05. The van der Waals surface area contributed by atoms with Crippen LogP contribution in [0.15, 0.2) is 85.8 Å². The number of hydrogen-bond donors (Lipinski definition) is 6. The minimum Gasteiger partial charge on any atom is -0.571 e. The Morgan fingerprint density at radius 3 is 2.16 bits per heavy atom. The molecule has 17 heteroatoms. The third-order valence-corrected chi connectivity index (χ3v) is 6.09. The van der Waals surface area contributed by atoms with E-state index < -0.39 is 37.3 Å². The molecule has 37 heavy (non-hydrogen) atoms. The van der Waals surface area contributed by atoms with E-state index in [9.17, 15) is 36.5 Å². The summed E-state index contributed by atoms with van der Waals surface area (Å²) < 4.78 is 60.6. The Hall–Kier alpha value is -3.38. The second-order valence-electron chi connectivity index (χ2n) is 6.80. The van der Waals surface area contributed by atoms with Crippen LogP contribution in [0.5, 0.6) is 5.75 Å². The Kier molecular flexibility index (Phi) is 10.9. The Morgan fingerprint density at radius 1 is 0.946 bits per heavy atom. The first-order valence-electron chi connectivity index (χ1n) is 9.36. The van der Waals surface area contributed by atoms with Gasteiger partial charge in [-0.25, -0.2) is 0 Å². The summed E-state index contributed by atoms with van der Waals surface area (Å²) in [7, 11) is -8.75. The van der Waals surface area contributed by atoms with E-state index >= 15 is 0 Å². The molecule has 14 nitrogen and oxygen atoms in total. The van der Waals surface area contributed by atoms with E-state index in [1.165, 1.54) is 6.07 Å². The fourth-order valence-electron chi connectivity index (χ4n) is 2.64. The molecule has 0 bridgehead atoms. The molecule has 0 heterocycles. The van der Waals surface area contributed by atoms with Gasteiger partial charge in [-0.15, -0.1) is 10.2 Å². The van der Waals surface area contributed by atoms with Crippen molar-refractivity contribution in [2.75, 3.05) is 5.73 Å². The SMILES string of the molecule is Nc1cc(S(=O)(=O)O)cc([N-]/N=C(\N=Nc2cc(S(O)(O)O)ccc2C=O)c2ccccc2)c1O.O.[Cu+]. The Balaban J connectivity index is 0.00000342. The number of azo groups is 1. The number of nitrogens with two attached hydrogens (primary N) is 1. The number of nitrogens with zero attached hydrogens (tertiary/aromatic N) is 4. The van der Waals surface area contributed by atoms with Gasteiger partial charge in [0.15, 0.2) is 12.1 Å². The fourth-order valence-corrected chi connectivity index (χ4v) is 3.70. The average Bonchev–Trinajstić information content (AvgIpc) is 2.80. The van der Waals surface area contributed by atoms with E-state index in [0.29, 0.717) is 11.8 Å². The number of rotatable bonds is 7. The number of hydrogen-bond acceptors (Lipinski definition) is 10. The van der Waals surface area contributed by atoms with Crippen LogP contribution in [0.3, 0.4) is 0 Å². The molecule has 3 rings (SSSR count). The normalized spacial score (nSPS) is 12.4.